The average Bonchev–Trinajstić information content (AvgIpc) is 2.21. The van der Waals surface area contributed by atoms with Gasteiger partial charge in [-0.15, -0.1) is 0 Å². The molecular weight excluding hydrogens is 200 g/mol. The Morgan fingerprint density at radius 2 is 1.94 bits per heavy atom. The molecule has 0 aliphatic heterocycles. The number of hydrogen-bond donors (Lipinski definition) is 0. The highest BCUT2D eigenvalue weighted by atomic mass is 16.5. The molecule has 0 bridgehead atoms. The van der Waals surface area contributed by atoms with Crippen molar-refractivity contribution in [3.8, 4) is 0 Å². The monoisotopic (exact) mass is 226 g/mol. The predicted molar refractivity (Wildman–Crippen MR) is 68.3 cm³/mol. The number of allylic oxidation sites excluding steroid dienone is 1. The van der Waals surface area contributed by atoms with E-state index in [2.05, 4.69) is 6.92 Å². The van der Waals surface area contributed by atoms with Gasteiger partial charge in [-0.3, -0.25) is 0 Å². The largest absolute Gasteiger partial charge is 0.462 e. The van der Waals surface area contributed by atoms with Gasteiger partial charge in [0, 0.05) is 6.08 Å². The SMILES string of the molecule is CCCCCC/C(C)=C/C(=O)OCC(C)C. The smallest absolute Gasteiger partial charge is 0.330 e. The van der Waals surface area contributed by atoms with Crippen molar-refractivity contribution in [3.05, 3.63) is 11.6 Å². The van der Waals surface area contributed by atoms with E-state index in [9.17, 15) is 4.79 Å². The summed E-state index contributed by atoms with van der Waals surface area (Å²) in [6.07, 6.45) is 7.60. The van der Waals surface area contributed by atoms with Crippen molar-refractivity contribution in [1.82, 2.24) is 0 Å². The maximum Gasteiger partial charge on any atom is 0.330 e. The molecule has 0 saturated heterocycles. The molecule has 0 aromatic heterocycles. The molecule has 0 aliphatic carbocycles. The summed E-state index contributed by atoms with van der Waals surface area (Å²) in [5.74, 6) is 0.212. The van der Waals surface area contributed by atoms with Crippen LogP contribution in [0.5, 0.6) is 0 Å². The molecular formula is C14H26O2. The molecule has 0 unspecified atom stereocenters. The lowest BCUT2D eigenvalue weighted by atomic mass is 10.1. The van der Waals surface area contributed by atoms with Crippen LogP contribution in [0.1, 0.15) is 59.8 Å². The van der Waals surface area contributed by atoms with E-state index >= 15 is 0 Å². The minimum absolute atomic E-state index is 0.193. The van der Waals surface area contributed by atoms with Crippen LogP contribution in [0.25, 0.3) is 0 Å². The van der Waals surface area contributed by atoms with Crippen molar-refractivity contribution in [2.45, 2.75) is 59.8 Å². The third kappa shape index (κ3) is 9.75. The third-order valence-corrected chi connectivity index (χ3v) is 2.35. The quantitative estimate of drug-likeness (QED) is 0.354. The lowest BCUT2D eigenvalue weighted by Gasteiger charge is -2.05. The summed E-state index contributed by atoms with van der Waals surface area (Å²) in [5.41, 5.74) is 1.13. The Balaban J connectivity index is 3.70. The van der Waals surface area contributed by atoms with Gasteiger partial charge in [-0.05, 0) is 25.7 Å². The van der Waals surface area contributed by atoms with Gasteiger partial charge in [0.15, 0.2) is 0 Å². The van der Waals surface area contributed by atoms with Crippen molar-refractivity contribution in [1.29, 1.82) is 0 Å². The van der Waals surface area contributed by atoms with Crippen LogP contribution in [-0.4, -0.2) is 12.6 Å². The summed E-state index contributed by atoms with van der Waals surface area (Å²) >= 11 is 0. The van der Waals surface area contributed by atoms with Crippen LogP contribution in [0.4, 0.5) is 0 Å². The van der Waals surface area contributed by atoms with Crippen LogP contribution in [-0.2, 0) is 9.53 Å². The average molecular weight is 226 g/mol. The fourth-order valence-electron chi connectivity index (χ4n) is 1.39. The van der Waals surface area contributed by atoms with Crippen molar-refractivity contribution in [2.24, 2.45) is 5.92 Å². The Kier molecular flexibility index (Phi) is 8.97. The highest BCUT2D eigenvalue weighted by Gasteiger charge is 2.01. The highest BCUT2D eigenvalue weighted by molar-refractivity contribution is 5.82. The van der Waals surface area contributed by atoms with Gasteiger partial charge in [-0.2, -0.15) is 0 Å². The van der Waals surface area contributed by atoms with Crippen LogP contribution in [0.3, 0.4) is 0 Å². The fourth-order valence-corrected chi connectivity index (χ4v) is 1.39. The third-order valence-electron chi connectivity index (χ3n) is 2.35. The Hall–Kier alpha value is -0.790. The molecule has 0 amide bonds. The number of unbranched alkanes of at least 4 members (excludes halogenated alkanes) is 3. The van der Waals surface area contributed by atoms with E-state index in [0.29, 0.717) is 12.5 Å². The molecule has 0 aliphatic rings. The topological polar surface area (TPSA) is 26.3 Å². The Bertz CT molecular complexity index is 217. The van der Waals surface area contributed by atoms with Crippen LogP contribution in [0.2, 0.25) is 0 Å². The van der Waals surface area contributed by atoms with E-state index in [-0.39, 0.29) is 5.97 Å². The Morgan fingerprint density at radius 3 is 2.50 bits per heavy atom. The van der Waals surface area contributed by atoms with Crippen LogP contribution in [0, 0.1) is 5.92 Å². The number of rotatable bonds is 8. The minimum Gasteiger partial charge on any atom is -0.462 e. The molecule has 0 N–H and O–H groups in total. The molecule has 16 heavy (non-hydrogen) atoms. The van der Waals surface area contributed by atoms with Crippen molar-refractivity contribution >= 4 is 5.97 Å². The summed E-state index contributed by atoms with van der Waals surface area (Å²) in [7, 11) is 0. The van der Waals surface area contributed by atoms with Gasteiger partial charge in [-0.25, -0.2) is 4.79 Å². The molecule has 2 heteroatoms. The van der Waals surface area contributed by atoms with Crippen molar-refractivity contribution < 1.29 is 9.53 Å². The second-order valence-corrected chi connectivity index (χ2v) is 4.83. The van der Waals surface area contributed by atoms with Crippen molar-refractivity contribution in [3.63, 3.8) is 0 Å². The second kappa shape index (κ2) is 9.44. The number of carbonyl (C=O) groups is 1. The van der Waals surface area contributed by atoms with Gasteiger partial charge in [-0.1, -0.05) is 45.6 Å². The lowest BCUT2D eigenvalue weighted by molar-refractivity contribution is -0.138. The first-order valence-corrected chi connectivity index (χ1v) is 6.40. The molecule has 0 saturated carbocycles. The molecule has 0 radical (unpaired) electrons. The van der Waals surface area contributed by atoms with Gasteiger partial charge in [0.1, 0.15) is 0 Å². The van der Waals surface area contributed by atoms with Gasteiger partial charge >= 0.3 is 5.97 Å². The summed E-state index contributed by atoms with van der Waals surface area (Å²) < 4.78 is 5.09. The summed E-state index contributed by atoms with van der Waals surface area (Å²) in [4.78, 5) is 11.3. The normalized spacial score (nSPS) is 11.9. The van der Waals surface area contributed by atoms with Crippen LogP contribution in [0.15, 0.2) is 11.6 Å². The number of esters is 1. The van der Waals surface area contributed by atoms with Gasteiger partial charge in [0.25, 0.3) is 0 Å². The molecule has 0 fully saturated rings. The fraction of sp³-hybridized carbons (Fsp3) is 0.786. The van der Waals surface area contributed by atoms with E-state index in [4.69, 9.17) is 4.74 Å². The number of hydrogen-bond acceptors (Lipinski definition) is 2. The number of ether oxygens (including phenoxy) is 1. The Labute approximate surface area is 100 Å². The van der Waals surface area contributed by atoms with Crippen LogP contribution < -0.4 is 0 Å². The Morgan fingerprint density at radius 1 is 1.25 bits per heavy atom. The zero-order valence-electron chi connectivity index (χ0n) is 11.2. The van der Waals surface area contributed by atoms with E-state index in [1.165, 1.54) is 25.7 Å². The van der Waals surface area contributed by atoms with E-state index in [0.717, 1.165) is 12.0 Å². The van der Waals surface area contributed by atoms with Gasteiger partial charge in [0.05, 0.1) is 6.61 Å². The minimum atomic E-state index is -0.193. The highest BCUT2D eigenvalue weighted by Crippen LogP contribution is 2.09. The first-order valence-electron chi connectivity index (χ1n) is 6.40. The summed E-state index contributed by atoms with van der Waals surface area (Å²) in [6.45, 7) is 8.79. The molecule has 2 nitrogen and oxygen atoms in total. The molecule has 0 atom stereocenters. The van der Waals surface area contributed by atoms with Gasteiger partial charge in [0.2, 0.25) is 0 Å². The first kappa shape index (κ1) is 15.2. The van der Waals surface area contributed by atoms with E-state index in [1.54, 1.807) is 6.08 Å². The summed E-state index contributed by atoms with van der Waals surface area (Å²) in [5, 5.41) is 0. The molecule has 0 aromatic rings. The first-order chi connectivity index (χ1) is 7.56. The second-order valence-electron chi connectivity index (χ2n) is 4.83. The zero-order chi connectivity index (χ0) is 12.4. The van der Waals surface area contributed by atoms with E-state index in [1.807, 2.05) is 20.8 Å². The molecule has 94 valence electrons. The standard InChI is InChI=1S/C14H26O2/c1-5-6-7-8-9-13(4)10-14(15)16-11-12(2)3/h10,12H,5-9,11H2,1-4H3/b13-10+. The molecule has 0 spiro atoms. The maximum absolute atomic E-state index is 11.3. The summed E-state index contributed by atoms with van der Waals surface area (Å²) in [6, 6.07) is 0. The predicted octanol–water partition coefficient (Wildman–Crippen LogP) is 4.10. The van der Waals surface area contributed by atoms with Gasteiger partial charge < -0.3 is 4.74 Å². The van der Waals surface area contributed by atoms with E-state index < -0.39 is 0 Å². The lowest BCUT2D eigenvalue weighted by Crippen LogP contribution is -2.07. The van der Waals surface area contributed by atoms with Crippen LogP contribution >= 0.6 is 0 Å². The zero-order valence-corrected chi connectivity index (χ0v) is 11.2. The van der Waals surface area contributed by atoms with Crippen molar-refractivity contribution in [2.75, 3.05) is 6.61 Å². The maximum atomic E-state index is 11.3. The molecule has 0 aromatic carbocycles. The molecule has 0 heterocycles. The number of carbonyl (C=O) groups excluding carboxylic acids is 1. The molecule has 0 rings (SSSR count).